The van der Waals surface area contributed by atoms with E-state index >= 15 is 0 Å². The summed E-state index contributed by atoms with van der Waals surface area (Å²) in [6.45, 7) is 5.13. The number of hydrogen-bond donors (Lipinski definition) is 1. The van der Waals surface area contributed by atoms with E-state index in [0.717, 1.165) is 17.9 Å². The first-order chi connectivity index (χ1) is 11.1. The number of rotatable bonds is 8. The third-order valence-electron chi connectivity index (χ3n) is 3.12. The summed E-state index contributed by atoms with van der Waals surface area (Å²) in [5, 5.41) is 10.7. The summed E-state index contributed by atoms with van der Waals surface area (Å²) >= 11 is 0. The van der Waals surface area contributed by atoms with Gasteiger partial charge in [0.15, 0.2) is 5.69 Å². The van der Waals surface area contributed by atoms with E-state index in [2.05, 4.69) is 15.6 Å². The van der Waals surface area contributed by atoms with Gasteiger partial charge in [-0.15, -0.1) is 5.10 Å². The molecule has 124 valence electrons. The van der Waals surface area contributed by atoms with Gasteiger partial charge in [0.25, 0.3) is 5.91 Å². The third kappa shape index (κ3) is 5.07. The Balaban J connectivity index is 1.86. The number of methoxy groups -OCH3 is 1. The zero-order chi connectivity index (χ0) is 16.7. The molecule has 1 aromatic carbocycles. The van der Waals surface area contributed by atoms with E-state index in [-0.39, 0.29) is 17.7 Å². The van der Waals surface area contributed by atoms with Crippen LogP contribution in [0.25, 0.3) is 5.69 Å². The Hall–Kier alpha value is -2.41. The molecule has 1 N–H and O–H groups in total. The van der Waals surface area contributed by atoms with Crippen molar-refractivity contribution in [3.8, 4) is 11.4 Å². The van der Waals surface area contributed by atoms with Crippen LogP contribution in [0.2, 0.25) is 0 Å². The summed E-state index contributed by atoms with van der Waals surface area (Å²) in [7, 11) is 1.61. The molecule has 7 heteroatoms. The number of benzene rings is 1. The number of hydrogen-bond acceptors (Lipinski definition) is 5. The summed E-state index contributed by atoms with van der Waals surface area (Å²) in [6, 6.07) is 7.34. The smallest absolute Gasteiger partial charge is 0.273 e. The molecule has 0 saturated heterocycles. The molecule has 1 heterocycles. The average Bonchev–Trinajstić information content (AvgIpc) is 3.04. The maximum atomic E-state index is 12.0. The molecule has 0 unspecified atom stereocenters. The minimum Gasteiger partial charge on any atom is -0.497 e. The van der Waals surface area contributed by atoms with Crippen LogP contribution in [0.15, 0.2) is 30.5 Å². The van der Waals surface area contributed by atoms with E-state index in [1.807, 2.05) is 38.1 Å². The highest BCUT2D eigenvalue weighted by atomic mass is 16.5. The number of carbonyl (C=O) groups excluding carboxylic acids is 1. The number of ether oxygens (including phenoxy) is 2. The Morgan fingerprint density at radius 2 is 2.04 bits per heavy atom. The lowest BCUT2D eigenvalue weighted by Crippen LogP contribution is -2.25. The highest BCUT2D eigenvalue weighted by Gasteiger charge is 2.11. The lowest BCUT2D eigenvalue weighted by molar-refractivity contribution is 0.0756. The Morgan fingerprint density at radius 3 is 2.70 bits per heavy atom. The molecule has 0 spiro atoms. The lowest BCUT2D eigenvalue weighted by atomic mass is 10.3. The van der Waals surface area contributed by atoms with Gasteiger partial charge >= 0.3 is 0 Å². The predicted octanol–water partition coefficient (Wildman–Crippen LogP) is 1.82. The predicted molar refractivity (Wildman–Crippen MR) is 85.9 cm³/mol. The van der Waals surface area contributed by atoms with Crippen LogP contribution < -0.4 is 10.1 Å². The molecule has 0 aliphatic carbocycles. The first-order valence-electron chi connectivity index (χ1n) is 7.56. The summed E-state index contributed by atoms with van der Waals surface area (Å²) < 4.78 is 12.1. The first-order valence-corrected chi connectivity index (χ1v) is 7.56. The fraction of sp³-hybridized carbons (Fsp3) is 0.438. The van der Waals surface area contributed by atoms with Gasteiger partial charge in [0.05, 0.1) is 25.1 Å². The largest absolute Gasteiger partial charge is 0.497 e. The van der Waals surface area contributed by atoms with E-state index in [4.69, 9.17) is 9.47 Å². The van der Waals surface area contributed by atoms with Crippen molar-refractivity contribution in [1.29, 1.82) is 0 Å². The second-order valence-electron chi connectivity index (χ2n) is 5.28. The fourth-order valence-electron chi connectivity index (χ4n) is 1.91. The Labute approximate surface area is 135 Å². The first kappa shape index (κ1) is 17.0. The van der Waals surface area contributed by atoms with Crippen LogP contribution in [0.5, 0.6) is 5.75 Å². The molecule has 1 aromatic heterocycles. The Kier molecular flexibility index (Phi) is 6.10. The molecular weight excluding hydrogens is 296 g/mol. The second-order valence-corrected chi connectivity index (χ2v) is 5.28. The molecule has 0 fully saturated rings. The van der Waals surface area contributed by atoms with Crippen molar-refractivity contribution in [2.24, 2.45) is 0 Å². The van der Waals surface area contributed by atoms with Gasteiger partial charge < -0.3 is 14.8 Å². The molecule has 0 aliphatic rings. The minimum atomic E-state index is -0.241. The van der Waals surface area contributed by atoms with Crippen LogP contribution in [0.3, 0.4) is 0 Å². The molecule has 0 bridgehead atoms. The van der Waals surface area contributed by atoms with E-state index in [1.54, 1.807) is 18.0 Å². The summed E-state index contributed by atoms with van der Waals surface area (Å²) in [5.41, 5.74) is 1.09. The van der Waals surface area contributed by atoms with Gasteiger partial charge in [0.2, 0.25) is 0 Å². The molecular formula is C16H22N4O3. The number of nitrogens with one attached hydrogen (secondary N) is 1. The van der Waals surface area contributed by atoms with Gasteiger partial charge in [-0.05, 0) is 44.5 Å². The van der Waals surface area contributed by atoms with E-state index in [9.17, 15) is 4.79 Å². The molecule has 7 nitrogen and oxygen atoms in total. The Morgan fingerprint density at radius 1 is 1.30 bits per heavy atom. The van der Waals surface area contributed by atoms with Crippen molar-refractivity contribution in [3.05, 3.63) is 36.2 Å². The normalized spacial score (nSPS) is 10.8. The monoisotopic (exact) mass is 318 g/mol. The molecule has 2 aromatic rings. The second kappa shape index (κ2) is 8.28. The highest BCUT2D eigenvalue weighted by Crippen LogP contribution is 2.14. The number of amides is 1. The lowest BCUT2D eigenvalue weighted by Gasteiger charge is -2.07. The van der Waals surface area contributed by atoms with Gasteiger partial charge in [0, 0.05) is 13.2 Å². The fourth-order valence-corrected chi connectivity index (χ4v) is 1.91. The van der Waals surface area contributed by atoms with Crippen LogP contribution in [-0.2, 0) is 4.74 Å². The van der Waals surface area contributed by atoms with Crippen molar-refractivity contribution in [1.82, 2.24) is 20.3 Å². The van der Waals surface area contributed by atoms with Crippen molar-refractivity contribution in [2.75, 3.05) is 20.3 Å². The molecule has 1 amide bonds. The van der Waals surface area contributed by atoms with Gasteiger partial charge in [-0.1, -0.05) is 5.21 Å². The quantitative estimate of drug-likeness (QED) is 0.751. The van der Waals surface area contributed by atoms with Crippen molar-refractivity contribution in [2.45, 2.75) is 26.4 Å². The third-order valence-corrected chi connectivity index (χ3v) is 3.12. The van der Waals surface area contributed by atoms with Crippen LogP contribution in [-0.4, -0.2) is 47.3 Å². The summed E-state index contributed by atoms with van der Waals surface area (Å²) in [4.78, 5) is 12.0. The number of carbonyl (C=O) groups is 1. The SMILES string of the molecule is COc1ccc(-n2cc(C(=O)NCCCOC(C)C)nn2)cc1. The van der Waals surface area contributed by atoms with Crippen LogP contribution >= 0.6 is 0 Å². The molecule has 0 radical (unpaired) electrons. The Bertz CT molecular complexity index is 623. The van der Waals surface area contributed by atoms with Gasteiger partial charge in [-0.2, -0.15) is 0 Å². The van der Waals surface area contributed by atoms with Crippen LogP contribution in [0.4, 0.5) is 0 Å². The average molecular weight is 318 g/mol. The van der Waals surface area contributed by atoms with Crippen molar-refractivity contribution < 1.29 is 14.3 Å². The zero-order valence-corrected chi connectivity index (χ0v) is 13.7. The van der Waals surface area contributed by atoms with Gasteiger partial charge in [-0.25, -0.2) is 4.68 Å². The van der Waals surface area contributed by atoms with E-state index in [1.165, 1.54) is 0 Å². The van der Waals surface area contributed by atoms with Crippen LogP contribution in [0.1, 0.15) is 30.8 Å². The van der Waals surface area contributed by atoms with Crippen LogP contribution in [0, 0.1) is 0 Å². The summed E-state index contributed by atoms with van der Waals surface area (Å²) in [5.74, 6) is 0.518. The highest BCUT2D eigenvalue weighted by molar-refractivity contribution is 5.91. The molecule has 0 aliphatic heterocycles. The van der Waals surface area contributed by atoms with Gasteiger partial charge in [0.1, 0.15) is 5.75 Å². The van der Waals surface area contributed by atoms with Gasteiger partial charge in [-0.3, -0.25) is 4.79 Å². The minimum absolute atomic E-state index is 0.204. The number of aromatic nitrogens is 3. The molecule has 23 heavy (non-hydrogen) atoms. The van der Waals surface area contributed by atoms with E-state index < -0.39 is 0 Å². The van der Waals surface area contributed by atoms with Crippen molar-refractivity contribution >= 4 is 5.91 Å². The molecule has 0 saturated carbocycles. The van der Waals surface area contributed by atoms with E-state index in [0.29, 0.717) is 13.2 Å². The maximum absolute atomic E-state index is 12.0. The summed E-state index contributed by atoms with van der Waals surface area (Å²) in [6.07, 6.45) is 2.56. The van der Waals surface area contributed by atoms with Crippen molar-refractivity contribution in [3.63, 3.8) is 0 Å². The zero-order valence-electron chi connectivity index (χ0n) is 13.7. The standard InChI is InChI=1S/C16H22N4O3/c1-12(2)23-10-4-9-17-16(21)15-11-20(19-18-15)13-5-7-14(22-3)8-6-13/h5-8,11-12H,4,9-10H2,1-3H3,(H,17,21). The topological polar surface area (TPSA) is 78.3 Å². The molecule has 2 rings (SSSR count). The maximum Gasteiger partial charge on any atom is 0.273 e. The molecule has 0 atom stereocenters. The number of nitrogens with zero attached hydrogens (tertiary/aromatic N) is 3.